The lowest BCUT2D eigenvalue weighted by Gasteiger charge is -2.37. The van der Waals surface area contributed by atoms with Crippen LogP contribution in [0, 0.1) is 6.92 Å². The van der Waals surface area contributed by atoms with Gasteiger partial charge in [0, 0.05) is 17.9 Å². The van der Waals surface area contributed by atoms with E-state index in [0.29, 0.717) is 5.75 Å². The minimum Gasteiger partial charge on any atom is -1.00 e. The van der Waals surface area contributed by atoms with Gasteiger partial charge in [0.15, 0.2) is 0 Å². The number of benzene rings is 2. The van der Waals surface area contributed by atoms with Crippen LogP contribution < -0.4 is 24.0 Å². The Morgan fingerprint density at radius 3 is 2.22 bits per heavy atom. The molecular weight excluding hydrogens is 445 g/mol. The highest BCUT2D eigenvalue weighted by Gasteiger charge is 2.26. The van der Waals surface area contributed by atoms with Crippen molar-refractivity contribution in [1.82, 2.24) is 0 Å². The van der Waals surface area contributed by atoms with E-state index in [2.05, 4.69) is 57.3 Å². The first-order chi connectivity index (χ1) is 12.5. The van der Waals surface area contributed by atoms with Crippen molar-refractivity contribution < 1.29 is 33.6 Å². The van der Waals surface area contributed by atoms with Crippen molar-refractivity contribution in [2.75, 3.05) is 26.2 Å². The summed E-state index contributed by atoms with van der Waals surface area (Å²) < 4.78 is 0.947. The third kappa shape index (κ3) is 6.22. The number of rotatable bonds is 10. The molecule has 0 saturated carbocycles. The van der Waals surface area contributed by atoms with Gasteiger partial charge in [0.2, 0.25) is 0 Å². The molecule has 3 heteroatoms. The molecule has 2 rings (SSSR count). The summed E-state index contributed by atoms with van der Waals surface area (Å²) in [5.41, 5.74) is 3.44. The molecule has 0 spiro atoms. The molecule has 0 aliphatic rings. The second kappa shape index (κ2) is 11.3. The van der Waals surface area contributed by atoms with Gasteiger partial charge in [-0.3, -0.25) is 0 Å². The van der Waals surface area contributed by atoms with Crippen LogP contribution in [0.5, 0.6) is 5.75 Å². The molecule has 0 amide bonds. The van der Waals surface area contributed by atoms with Gasteiger partial charge < -0.3 is 33.6 Å². The van der Waals surface area contributed by atoms with E-state index in [1.165, 1.54) is 11.1 Å². The van der Waals surface area contributed by atoms with Gasteiger partial charge in [0.05, 0.1) is 26.2 Å². The summed E-state index contributed by atoms with van der Waals surface area (Å²) in [6.07, 6.45) is 4.99. The molecule has 0 aliphatic carbocycles. The van der Waals surface area contributed by atoms with E-state index < -0.39 is 0 Å². The molecule has 0 radical (unpaired) electrons. The SMILES string of the molecule is C=CC[N+](CC)(CC=C)CCC(c1ccccc1)c1cc(C)ccc1O.[I-]. The lowest BCUT2D eigenvalue weighted by atomic mass is 9.86. The predicted octanol–water partition coefficient (Wildman–Crippen LogP) is 2.44. The second-order valence-corrected chi connectivity index (χ2v) is 7.14. The highest BCUT2D eigenvalue weighted by molar-refractivity contribution is 5.43. The van der Waals surface area contributed by atoms with Crippen molar-refractivity contribution in [3.8, 4) is 5.75 Å². The van der Waals surface area contributed by atoms with Gasteiger partial charge >= 0.3 is 0 Å². The van der Waals surface area contributed by atoms with E-state index in [9.17, 15) is 5.11 Å². The first-order valence-corrected chi connectivity index (χ1v) is 9.46. The molecule has 2 aromatic carbocycles. The number of phenols is 1. The molecule has 2 nitrogen and oxygen atoms in total. The average Bonchev–Trinajstić information content (AvgIpc) is 2.65. The summed E-state index contributed by atoms with van der Waals surface area (Å²) in [6, 6.07) is 16.4. The molecule has 1 atom stereocenters. The number of aryl methyl sites for hydroxylation is 1. The molecule has 2 aromatic rings. The van der Waals surface area contributed by atoms with Gasteiger partial charge in [0.1, 0.15) is 5.75 Å². The maximum absolute atomic E-state index is 10.5. The molecule has 0 fully saturated rings. The largest absolute Gasteiger partial charge is 1.00 e. The Morgan fingerprint density at radius 1 is 1.04 bits per heavy atom. The molecule has 27 heavy (non-hydrogen) atoms. The lowest BCUT2D eigenvalue weighted by molar-refractivity contribution is -0.916. The van der Waals surface area contributed by atoms with E-state index in [0.717, 1.165) is 42.6 Å². The van der Waals surface area contributed by atoms with E-state index in [1.54, 1.807) is 0 Å². The molecular formula is C24H32INO. The molecule has 0 aromatic heterocycles. The number of halogens is 1. The topological polar surface area (TPSA) is 20.2 Å². The zero-order valence-corrected chi connectivity index (χ0v) is 18.7. The first-order valence-electron chi connectivity index (χ1n) is 9.46. The Morgan fingerprint density at radius 2 is 1.67 bits per heavy atom. The molecule has 146 valence electrons. The number of aromatic hydroxyl groups is 1. The third-order valence-electron chi connectivity index (χ3n) is 5.36. The van der Waals surface area contributed by atoms with Crippen LogP contribution in [0.2, 0.25) is 0 Å². The monoisotopic (exact) mass is 477 g/mol. The van der Waals surface area contributed by atoms with Crippen LogP contribution in [0.4, 0.5) is 0 Å². The molecule has 0 heterocycles. The summed E-state index contributed by atoms with van der Waals surface area (Å²) in [5.74, 6) is 0.557. The molecule has 0 saturated heterocycles. The van der Waals surface area contributed by atoms with E-state index >= 15 is 0 Å². The van der Waals surface area contributed by atoms with Crippen LogP contribution in [0.25, 0.3) is 0 Å². The Bertz CT molecular complexity index is 716. The predicted molar refractivity (Wildman–Crippen MR) is 112 cm³/mol. The molecule has 0 bridgehead atoms. The van der Waals surface area contributed by atoms with Crippen LogP contribution in [-0.2, 0) is 0 Å². The van der Waals surface area contributed by atoms with Gasteiger partial charge in [-0.2, -0.15) is 0 Å². The number of nitrogens with zero attached hydrogens (tertiary/aromatic N) is 1. The van der Waals surface area contributed by atoms with Crippen LogP contribution in [-0.4, -0.2) is 35.8 Å². The smallest absolute Gasteiger partial charge is 0.119 e. The second-order valence-electron chi connectivity index (χ2n) is 7.14. The number of quaternary nitrogens is 1. The van der Waals surface area contributed by atoms with Crippen molar-refractivity contribution in [1.29, 1.82) is 0 Å². The fourth-order valence-electron chi connectivity index (χ4n) is 3.76. The van der Waals surface area contributed by atoms with Crippen molar-refractivity contribution in [3.05, 3.63) is 90.5 Å². The molecule has 0 aliphatic heterocycles. The maximum atomic E-state index is 10.5. The average molecular weight is 477 g/mol. The fourth-order valence-corrected chi connectivity index (χ4v) is 3.76. The third-order valence-corrected chi connectivity index (χ3v) is 5.36. The number of likely N-dealkylation sites (N-methyl/N-ethyl adjacent to an activating group) is 1. The van der Waals surface area contributed by atoms with Crippen molar-refractivity contribution in [2.45, 2.75) is 26.2 Å². The highest BCUT2D eigenvalue weighted by atomic mass is 127. The summed E-state index contributed by atoms with van der Waals surface area (Å²) in [5, 5.41) is 10.5. The van der Waals surface area contributed by atoms with Gasteiger partial charge in [0.25, 0.3) is 0 Å². The Balaban J connectivity index is 0.00000364. The van der Waals surface area contributed by atoms with Crippen molar-refractivity contribution in [2.24, 2.45) is 0 Å². The quantitative estimate of drug-likeness (QED) is 0.317. The Kier molecular flexibility index (Phi) is 9.81. The van der Waals surface area contributed by atoms with Gasteiger partial charge in [-0.1, -0.05) is 61.2 Å². The summed E-state index contributed by atoms with van der Waals surface area (Å²) >= 11 is 0. The normalized spacial score (nSPS) is 12.1. The lowest BCUT2D eigenvalue weighted by Crippen LogP contribution is -3.00. The zero-order valence-electron chi connectivity index (χ0n) is 16.6. The first kappa shape index (κ1) is 23.4. The number of hydrogen-bond acceptors (Lipinski definition) is 1. The minimum absolute atomic E-state index is 0. The Labute approximate surface area is 181 Å². The summed E-state index contributed by atoms with van der Waals surface area (Å²) in [6.45, 7) is 16.1. The van der Waals surface area contributed by atoms with E-state index in [1.807, 2.05) is 30.4 Å². The van der Waals surface area contributed by atoms with Crippen molar-refractivity contribution >= 4 is 0 Å². The zero-order chi connectivity index (χ0) is 19.0. The molecule has 1 unspecified atom stereocenters. The standard InChI is InChI=1S/C24H31NO.HI/c1-5-16-25(7-3,17-6-2)18-15-22(21-11-9-8-10-12-21)23-19-20(4)13-14-24(23)26;/h5-6,8-14,19,22H,1-2,7,15-18H2,3-4H3;1H. The van der Waals surface area contributed by atoms with Crippen molar-refractivity contribution in [3.63, 3.8) is 0 Å². The fraction of sp³-hybridized carbons (Fsp3) is 0.333. The van der Waals surface area contributed by atoms with Crippen LogP contribution >= 0.6 is 0 Å². The Hall–Kier alpha value is -1.59. The number of hydrogen-bond donors (Lipinski definition) is 1. The van der Waals surface area contributed by atoms with Gasteiger partial charge in [-0.25, -0.2) is 0 Å². The summed E-state index contributed by atoms with van der Waals surface area (Å²) in [7, 11) is 0. The number of phenolic OH excluding ortho intramolecular Hbond substituents is 1. The molecule has 1 N–H and O–H groups in total. The highest BCUT2D eigenvalue weighted by Crippen LogP contribution is 2.35. The van der Waals surface area contributed by atoms with Crippen LogP contribution in [0.3, 0.4) is 0 Å². The minimum atomic E-state index is 0. The van der Waals surface area contributed by atoms with Crippen LogP contribution in [0.15, 0.2) is 73.8 Å². The van der Waals surface area contributed by atoms with E-state index in [4.69, 9.17) is 0 Å². The van der Waals surface area contributed by atoms with Crippen LogP contribution in [0.1, 0.15) is 36.0 Å². The van der Waals surface area contributed by atoms with Gasteiger partial charge in [-0.05, 0) is 37.6 Å². The van der Waals surface area contributed by atoms with E-state index in [-0.39, 0.29) is 29.9 Å². The van der Waals surface area contributed by atoms with Gasteiger partial charge in [-0.15, -0.1) is 0 Å². The maximum Gasteiger partial charge on any atom is 0.119 e. The summed E-state index contributed by atoms with van der Waals surface area (Å²) in [4.78, 5) is 0.